The molecule has 2 aromatic carbocycles. The molecule has 1 atom stereocenters. The second kappa shape index (κ2) is 5.76. The van der Waals surface area contributed by atoms with Gasteiger partial charge in [0, 0.05) is 24.5 Å². The van der Waals surface area contributed by atoms with Crippen LogP contribution in [0.5, 0.6) is 5.75 Å². The van der Waals surface area contributed by atoms with Gasteiger partial charge in [0.2, 0.25) is 0 Å². The molecule has 0 bridgehead atoms. The number of methoxy groups -OCH3 is 1. The minimum atomic E-state index is 0.0110. The molecule has 19 heavy (non-hydrogen) atoms. The third-order valence-electron chi connectivity index (χ3n) is 3.25. The van der Waals surface area contributed by atoms with E-state index in [1.807, 2.05) is 50.4 Å². The minimum absolute atomic E-state index is 0.0110. The number of rotatable bonds is 4. The van der Waals surface area contributed by atoms with E-state index in [-0.39, 0.29) is 6.04 Å². The zero-order valence-corrected chi connectivity index (χ0v) is 11.6. The third kappa shape index (κ3) is 2.88. The summed E-state index contributed by atoms with van der Waals surface area (Å²) in [5.41, 5.74) is 9.40. The smallest absolute Gasteiger partial charge is 0.119 e. The van der Waals surface area contributed by atoms with Crippen molar-refractivity contribution in [1.82, 2.24) is 0 Å². The van der Waals surface area contributed by atoms with Crippen molar-refractivity contribution in [2.75, 3.05) is 19.1 Å². The first-order valence-electron chi connectivity index (χ1n) is 6.35. The predicted molar refractivity (Wildman–Crippen MR) is 80.1 cm³/mol. The molecule has 0 radical (unpaired) electrons. The summed E-state index contributed by atoms with van der Waals surface area (Å²) in [7, 11) is 3.72. The Hall–Kier alpha value is -2.00. The zero-order valence-electron chi connectivity index (χ0n) is 11.6. The van der Waals surface area contributed by atoms with Gasteiger partial charge in [0.15, 0.2) is 0 Å². The molecule has 3 heteroatoms. The van der Waals surface area contributed by atoms with Crippen molar-refractivity contribution in [3.05, 3.63) is 54.1 Å². The Morgan fingerprint density at radius 2 is 1.68 bits per heavy atom. The Bertz CT molecular complexity index is 535. The summed E-state index contributed by atoms with van der Waals surface area (Å²) in [5.74, 6) is 0.859. The van der Waals surface area contributed by atoms with Crippen LogP contribution in [0.4, 0.5) is 11.4 Å². The predicted octanol–water partition coefficient (Wildman–Crippen LogP) is 3.48. The number of ether oxygens (including phenoxy) is 1. The van der Waals surface area contributed by atoms with Gasteiger partial charge in [0.1, 0.15) is 5.75 Å². The van der Waals surface area contributed by atoms with Gasteiger partial charge in [-0.05, 0) is 42.8 Å². The van der Waals surface area contributed by atoms with Gasteiger partial charge in [-0.15, -0.1) is 0 Å². The van der Waals surface area contributed by atoms with Crippen molar-refractivity contribution in [2.45, 2.75) is 13.0 Å². The van der Waals surface area contributed by atoms with Crippen LogP contribution in [0.2, 0.25) is 0 Å². The summed E-state index contributed by atoms with van der Waals surface area (Å²) in [6.07, 6.45) is 0. The average molecular weight is 256 g/mol. The maximum Gasteiger partial charge on any atom is 0.119 e. The van der Waals surface area contributed by atoms with Crippen LogP contribution in [-0.4, -0.2) is 14.2 Å². The molecule has 0 heterocycles. The molecule has 0 aliphatic rings. The highest BCUT2D eigenvalue weighted by molar-refractivity contribution is 5.66. The van der Waals surface area contributed by atoms with E-state index in [0.717, 1.165) is 22.7 Å². The van der Waals surface area contributed by atoms with Crippen LogP contribution >= 0.6 is 0 Å². The van der Waals surface area contributed by atoms with Crippen LogP contribution in [0.25, 0.3) is 0 Å². The molecule has 0 aliphatic heterocycles. The number of para-hydroxylation sites is 1. The Morgan fingerprint density at radius 1 is 1.05 bits per heavy atom. The summed E-state index contributed by atoms with van der Waals surface area (Å²) in [5, 5.41) is 0. The van der Waals surface area contributed by atoms with Crippen molar-refractivity contribution < 1.29 is 4.74 Å². The topological polar surface area (TPSA) is 38.5 Å². The summed E-state index contributed by atoms with van der Waals surface area (Å²) >= 11 is 0. The second-order valence-corrected chi connectivity index (χ2v) is 4.60. The van der Waals surface area contributed by atoms with Gasteiger partial charge in [0.05, 0.1) is 7.11 Å². The molecule has 3 nitrogen and oxygen atoms in total. The second-order valence-electron chi connectivity index (χ2n) is 4.60. The van der Waals surface area contributed by atoms with Crippen molar-refractivity contribution in [2.24, 2.45) is 5.73 Å². The molecule has 100 valence electrons. The molecule has 0 spiro atoms. The molecule has 0 aromatic heterocycles. The first-order valence-corrected chi connectivity index (χ1v) is 6.35. The normalized spacial score (nSPS) is 12.0. The van der Waals surface area contributed by atoms with E-state index < -0.39 is 0 Å². The maximum absolute atomic E-state index is 6.03. The summed E-state index contributed by atoms with van der Waals surface area (Å²) in [6.45, 7) is 2.00. The zero-order chi connectivity index (χ0) is 13.8. The van der Waals surface area contributed by atoms with Gasteiger partial charge in [-0.2, -0.15) is 0 Å². The Morgan fingerprint density at radius 3 is 2.26 bits per heavy atom. The molecule has 1 unspecified atom stereocenters. The number of nitrogens with two attached hydrogens (primary N) is 1. The van der Waals surface area contributed by atoms with Gasteiger partial charge < -0.3 is 15.4 Å². The van der Waals surface area contributed by atoms with Gasteiger partial charge in [0.25, 0.3) is 0 Å². The van der Waals surface area contributed by atoms with E-state index in [4.69, 9.17) is 10.5 Å². The monoisotopic (exact) mass is 256 g/mol. The molecule has 2 rings (SSSR count). The molecule has 0 fully saturated rings. The van der Waals surface area contributed by atoms with E-state index in [1.165, 1.54) is 0 Å². The lowest BCUT2D eigenvalue weighted by Gasteiger charge is -2.24. The lowest BCUT2D eigenvalue weighted by atomic mass is 10.1. The van der Waals surface area contributed by atoms with Gasteiger partial charge in [-0.25, -0.2) is 0 Å². The van der Waals surface area contributed by atoms with Gasteiger partial charge in [-0.3, -0.25) is 0 Å². The third-order valence-corrected chi connectivity index (χ3v) is 3.25. The largest absolute Gasteiger partial charge is 0.497 e. The lowest BCUT2D eigenvalue weighted by Crippen LogP contribution is -2.15. The van der Waals surface area contributed by atoms with E-state index in [9.17, 15) is 0 Å². The fourth-order valence-corrected chi connectivity index (χ4v) is 2.12. The van der Waals surface area contributed by atoms with Gasteiger partial charge in [-0.1, -0.05) is 18.2 Å². The van der Waals surface area contributed by atoms with Crippen LogP contribution < -0.4 is 15.4 Å². The van der Waals surface area contributed by atoms with Crippen molar-refractivity contribution in [3.63, 3.8) is 0 Å². The molecule has 2 aromatic rings. The number of hydrogen-bond donors (Lipinski definition) is 1. The van der Waals surface area contributed by atoms with E-state index >= 15 is 0 Å². The number of anilines is 2. The molecular weight excluding hydrogens is 236 g/mol. The highest BCUT2D eigenvalue weighted by Crippen LogP contribution is 2.30. The van der Waals surface area contributed by atoms with E-state index in [0.29, 0.717) is 0 Å². The molecule has 0 saturated heterocycles. The molecule has 0 amide bonds. The van der Waals surface area contributed by atoms with Gasteiger partial charge >= 0.3 is 0 Å². The molecule has 2 N–H and O–H groups in total. The first-order chi connectivity index (χ1) is 9.13. The van der Waals surface area contributed by atoms with Crippen LogP contribution in [-0.2, 0) is 0 Å². The Kier molecular flexibility index (Phi) is 4.07. The highest BCUT2D eigenvalue weighted by atomic mass is 16.5. The van der Waals surface area contributed by atoms with Crippen molar-refractivity contribution >= 4 is 11.4 Å². The number of nitrogens with zero attached hydrogens (tertiary/aromatic N) is 1. The lowest BCUT2D eigenvalue weighted by molar-refractivity contribution is 0.415. The van der Waals surface area contributed by atoms with Crippen molar-refractivity contribution in [3.8, 4) is 5.75 Å². The van der Waals surface area contributed by atoms with Crippen LogP contribution in [0.3, 0.4) is 0 Å². The van der Waals surface area contributed by atoms with Crippen LogP contribution in [0, 0.1) is 0 Å². The Labute approximate surface area is 114 Å². The average Bonchev–Trinajstić information content (AvgIpc) is 2.46. The molecular formula is C16H20N2O. The maximum atomic E-state index is 6.03. The SMILES string of the molecule is COc1ccc(N(C)c2ccccc2C(C)N)cc1. The quantitative estimate of drug-likeness (QED) is 0.910. The summed E-state index contributed by atoms with van der Waals surface area (Å²) in [6, 6.07) is 16.2. The summed E-state index contributed by atoms with van der Waals surface area (Å²) < 4.78 is 5.18. The minimum Gasteiger partial charge on any atom is -0.497 e. The standard InChI is InChI=1S/C16H20N2O/c1-12(17)15-6-4-5-7-16(15)18(2)13-8-10-14(19-3)11-9-13/h4-12H,17H2,1-3H3. The highest BCUT2D eigenvalue weighted by Gasteiger charge is 2.11. The van der Waals surface area contributed by atoms with E-state index in [2.05, 4.69) is 17.0 Å². The fraction of sp³-hybridized carbons (Fsp3) is 0.250. The van der Waals surface area contributed by atoms with Crippen LogP contribution in [0.15, 0.2) is 48.5 Å². The first kappa shape index (κ1) is 13.4. The van der Waals surface area contributed by atoms with Crippen molar-refractivity contribution in [1.29, 1.82) is 0 Å². The van der Waals surface area contributed by atoms with Crippen LogP contribution in [0.1, 0.15) is 18.5 Å². The fourth-order valence-electron chi connectivity index (χ4n) is 2.12. The number of benzene rings is 2. The molecule has 0 aliphatic carbocycles. The summed E-state index contributed by atoms with van der Waals surface area (Å²) in [4.78, 5) is 2.14. The Balaban J connectivity index is 2.35. The number of hydrogen-bond acceptors (Lipinski definition) is 3. The molecule has 0 saturated carbocycles. The van der Waals surface area contributed by atoms with E-state index in [1.54, 1.807) is 7.11 Å².